The van der Waals surface area contributed by atoms with Gasteiger partial charge < -0.3 is 15.1 Å². The molecule has 31 heavy (non-hydrogen) atoms. The van der Waals surface area contributed by atoms with Gasteiger partial charge >= 0.3 is 11.9 Å². The molecular formula is C20H18N4O6S. The van der Waals surface area contributed by atoms with Crippen LogP contribution in [-0.2, 0) is 14.8 Å². The molecule has 1 unspecified atom stereocenters. The fraction of sp³-hybridized carbons (Fsp3) is 0.200. The van der Waals surface area contributed by atoms with E-state index < -0.39 is 28.0 Å². The Morgan fingerprint density at radius 1 is 0.968 bits per heavy atom. The third kappa shape index (κ3) is 3.92. The Bertz CT molecular complexity index is 1260. The molecule has 0 aliphatic carbocycles. The Hall–Kier alpha value is -3.57. The van der Waals surface area contributed by atoms with Gasteiger partial charge in [-0.2, -0.15) is 4.31 Å². The zero-order chi connectivity index (χ0) is 22.2. The molecule has 2 N–H and O–H groups in total. The number of hydrogen-bond acceptors (Lipinski definition) is 7. The van der Waals surface area contributed by atoms with Crippen LogP contribution in [0.5, 0.6) is 0 Å². The second kappa shape index (κ2) is 7.93. The molecule has 160 valence electrons. The lowest BCUT2D eigenvalue weighted by Gasteiger charge is -2.38. The molecule has 0 amide bonds. The van der Waals surface area contributed by atoms with Gasteiger partial charge in [-0.15, -0.1) is 0 Å². The van der Waals surface area contributed by atoms with Crippen LogP contribution in [0.2, 0.25) is 0 Å². The smallest absolute Gasteiger partial charge is 0.338 e. The van der Waals surface area contributed by atoms with E-state index in [4.69, 9.17) is 5.11 Å². The van der Waals surface area contributed by atoms with Crippen molar-refractivity contribution in [1.29, 1.82) is 0 Å². The van der Waals surface area contributed by atoms with Crippen LogP contribution >= 0.6 is 0 Å². The number of aromatic carboxylic acids is 1. The fourth-order valence-electron chi connectivity index (χ4n) is 3.50. The van der Waals surface area contributed by atoms with E-state index in [2.05, 4.69) is 9.97 Å². The molecule has 2 aromatic carbocycles. The SMILES string of the molecule is O=C(O)c1cnc(N2CCN(S(=O)(=O)c3ccc4ccccc4c3)C(C(=O)O)C2)nc1. The molecule has 1 fully saturated rings. The van der Waals surface area contributed by atoms with Crippen LogP contribution in [0.25, 0.3) is 10.8 Å². The monoisotopic (exact) mass is 442 g/mol. The number of aromatic nitrogens is 2. The maximum absolute atomic E-state index is 13.3. The number of piperazine rings is 1. The number of carboxylic acid groups (broad SMARTS) is 2. The first-order chi connectivity index (χ1) is 14.8. The van der Waals surface area contributed by atoms with E-state index in [9.17, 15) is 23.1 Å². The number of hydrogen-bond donors (Lipinski definition) is 2. The molecule has 1 aromatic heterocycles. The maximum Gasteiger partial charge on any atom is 0.338 e. The lowest BCUT2D eigenvalue weighted by Crippen LogP contribution is -2.58. The normalized spacial score (nSPS) is 17.5. The largest absolute Gasteiger partial charge is 0.480 e. The maximum atomic E-state index is 13.3. The molecule has 1 aliphatic rings. The van der Waals surface area contributed by atoms with E-state index in [1.54, 1.807) is 18.2 Å². The summed E-state index contributed by atoms with van der Waals surface area (Å²) >= 11 is 0. The average molecular weight is 442 g/mol. The average Bonchev–Trinajstić information content (AvgIpc) is 2.78. The zero-order valence-electron chi connectivity index (χ0n) is 16.1. The van der Waals surface area contributed by atoms with Crippen molar-refractivity contribution in [2.75, 3.05) is 24.5 Å². The topological polar surface area (TPSA) is 141 Å². The first-order valence-electron chi connectivity index (χ1n) is 9.31. The zero-order valence-corrected chi connectivity index (χ0v) is 16.9. The fourth-order valence-corrected chi connectivity index (χ4v) is 5.10. The molecule has 0 radical (unpaired) electrons. The molecular weight excluding hydrogens is 424 g/mol. The van der Waals surface area contributed by atoms with E-state index >= 15 is 0 Å². The first-order valence-corrected chi connectivity index (χ1v) is 10.7. The number of nitrogens with zero attached hydrogens (tertiary/aromatic N) is 4. The lowest BCUT2D eigenvalue weighted by atomic mass is 10.1. The van der Waals surface area contributed by atoms with E-state index in [0.717, 1.165) is 27.5 Å². The second-order valence-corrected chi connectivity index (χ2v) is 8.89. The van der Waals surface area contributed by atoms with Crippen molar-refractivity contribution in [1.82, 2.24) is 14.3 Å². The van der Waals surface area contributed by atoms with Gasteiger partial charge in [0.25, 0.3) is 0 Å². The number of carbonyl (C=O) groups is 2. The Kier molecular flexibility index (Phi) is 5.29. The summed E-state index contributed by atoms with van der Waals surface area (Å²) in [5.74, 6) is -2.34. The van der Waals surface area contributed by atoms with Crippen LogP contribution < -0.4 is 4.90 Å². The number of anilines is 1. The van der Waals surface area contributed by atoms with Gasteiger partial charge in [0.2, 0.25) is 16.0 Å². The minimum Gasteiger partial charge on any atom is -0.480 e. The summed E-state index contributed by atoms with van der Waals surface area (Å²) in [4.78, 5) is 32.4. The number of fused-ring (bicyclic) bond motifs is 1. The standard InChI is InChI=1S/C20H18N4O6S/c25-18(26)15-10-21-20(22-11-15)23-7-8-24(17(12-23)19(27)28)31(29,30)16-6-5-13-3-1-2-4-14(13)9-16/h1-6,9-11,17H,7-8,12H2,(H,25,26)(H,27,28). The Morgan fingerprint density at radius 3 is 2.29 bits per heavy atom. The summed E-state index contributed by atoms with van der Waals surface area (Å²) in [5.41, 5.74) is -0.101. The quantitative estimate of drug-likeness (QED) is 0.598. The Morgan fingerprint density at radius 2 is 1.65 bits per heavy atom. The summed E-state index contributed by atoms with van der Waals surface area (Å²) in [6, 6.07) is 10.6. The van der Waals surface area contributed by atoms with Crippen LogP contribution in [0, 0.1) is 0 Å². The van der Waals surface area contributed by atoms with Crippen molar-refractivity contribution in [3.63, 3.8) is 0 Å². The predicted octanol–water partition coefficient (Wildman–Crippen LogP) is 1.29. The van der Waals surface area contributed by atoms with Gasteiger partial charge in [0, 0.05) is 32.0 Å². The Balaban J connectivity index is 1.62. The summed E-state index contributed by atoms with van der Waals surface area (Å²) in [6.45, 7) is -0.103. The van der Waals surface area contributed by atoms with Gasteiger partial charge in [0.05, 0.1) is 10.5 Å². The van der Waals surface area contributed by atoms with Crippen LogP contribution in [0.1, 0.15) is 10.4 Å². The van der Waals surface area contributed by atoms with Crippen molar-refractivity contribution < 1.29 is 28.2 Å². The van der Waals surface area contributed by atoms with E-state index in [-0.39, 0.29) is 36.0 Å². The molecule has 0 bridgehead atoms. The van der Waals surface area contributed by atoms with Gasteiger partial charge in [0.1, 0.15) is 6.04 Å². The molecule has 1 atom stereocenters. The van der Waals surface area contributed by atoms with Gasteiger partial charge in [-0.1, -0.05) is 30.3 Å². The Labute approximate surface area is 177 Å². The molecule has 2 heterocycles. The number of rotatable bonds is 5. The third-order valence-electron chi connectivity index (χ3n) is 5.11. The molecule has 3 aromatic rings. The molecule has 1 aliphatic heterocycles. The highest BCUT2D eigenvalue weighted by Crippen LogP contribution is 2.26. The highest BCUT2D eigenvalue weighted by atomic mass is 32.2. The highest BCUT2D eigenvalue weighted by Gasteiger charge is 2.41. The summed E-state index contributed by atoms with van der Waals surface area (Å²) in [7, 11) is -4.06. The van der Waals surface area contributed by atoms with Crippen molar-refractivity contribution >= 4 is 38.7 Å². The van der Waals surface area contributed by atoms with E-state index in [1.807, 2.05) is 12.1 Å². The van der Waals surface area contributed by atoms with Gasteiger partial charge in [0.15, 0.2) is 0 Å². The minimum absolute atomic E-state index is 0.0213. The van der Waals surface area contributed by atoms with Crippen molar-refractivity contribution in [3.05, 3.63) is 60.4 Å². The number of benzene rings is 2. The lowest BCUT2D eigenvalue weighted by molar-refractivity contribution is -0.141. The summed E-state index contributed by atoms with van der Waals surface area (Å²) in [6.07, 6.45) is 2.25. The molecule has 4 rings (SSSR count). The third-order valence-corrected chi connectivity index (χ3v) is 7.02. The van der Waals surface area contributed by atoms with Gasteiger partial charge in [-0.3, -0.25) is 4.79 Å². The van der Waals surface area contributed by atoms with Crippen LogP contribution in [0.4, 0.5) is 5.95 Å². The molecule has 11 heteroatoms. The molecule has 1 saturated heterocycles. The van der Waals surface area contributed by atoms with E-state index in [1.165, 1.54) is 17.0 Å². The molecule has 0 saturated carbocycles. The van der Waals surface area contributed by atoms with Crippen molar-refractivity contribution in [2.24, 2.45) is 0 Å². The highest BCUT2D eigenvalue weighted by molar-refractivity contribution is 7.89. The van der Waals surface area contributed by atoms with Crippen LogP contribution in [-0.4, -0.2) is 70.5 Å². The summed E-state index contributed by atoms with van der Waals surface area (Å²) in [5, 5.41) is 20.3. The minimum atomic E-state index is -4.06. The van der Waals surface area contributed by atoms with Crippen molar-refractivity contribution in [3.8, 4) is 0 Å². The second-order valence-electron chi connectivity index (χ2n) is 7.00. The van der Waals surface area contributed by atoms with Gasteiger partial charge in [-0.05, 0) is 22.9 Å². The van der Waals surface area contributed by atoms with Crippen molar-refractivity contribution in [2.45, 2.75) is 10.9 Å². The first kappa shape index (κ1) is 20.7. The number of aliphatic carboxylic acids is 1. The number of carboxylic acids is 2. The molecule has 10 nitrogen and oxygen atoms in total. The van der Waals surface area contributed by atoms with Crippen LogP contribution in [0.15, 0.2) is 59.8 Å². The van der Waals surface area contributed by atoms with E-state index in [0.29, 0.717) is 0 Å². The summed E-state index contributed by atoms with van der Waals surface area (Å²) < 4.78 is 27.5. The van der Waals surface area contributed by atoms with Crippen LogP contribution in [0.3, 0.4) is 0 Å². The predicted molar refractivity (Wildman–Crippen MR) is 110 cm³/mol. The molecule has 0 spiro atoms. The number of sulfonamides is 1. The van der Waals surface area contributed by atoms with Gasteiger partial charge in [-0.25, -0.2) is 23.2 Å².